The van der Waals surface area contributed by atoms with E-state index in [1.807, 2.05) is 0 Å². The molecule has 10 heteroatoms. The van der Waals surface area contributed by atoms with E-state index in [1.165, 1.54) is 18.3 Å². The van der Waals surface area contributed by atoms with Crippen molar-refractivity contribution in [3.05, 3.63) is 72.8 Å². The lowest BCUT2D eigenvalue weighted by Crippen LogP contribution is -2.30. The lowest BCUT2D eigenvalue weighted by Gasteiger charge is -2.19. The van der Waals surface area contributed by atoms with Crippen molar-refractivity contribution in [3.8, 4) is 39.7 Å². The van der Waals surface area contributed by atoms with E-state index >= 15 is 0 Å². The molecular weight excluding hydrogens is 461 g/mol. The van der Waals surface area contributed by atoms with Crippen LogP contribution in [0.3, 0.4) is 0 Å². The van der Waals surface area contributed by atoms with Crippen LogP contribution >= 0.6 is 0 Å². The second-order valence-electron chi connectivity index (χ2n) is 8.48. The molecule has 0 amide bonds. The van der Waals surface area contributed by atoms with Gasteiger partial charge in [-0.25, -0.2) is 4.98 Å². The smallest absolute Gasteiger partial charge is 0.434 e. The number of ether oxygens (including phenoxy) is 1. The molecule has 0 unspecified atom stereocenters. The maximum atomic E-state index is 13.3. The Kier molecular flexibility index (Phi) is 6.29. The molecule has 0 spiro atoms. The summed E-state index contributed by atoms with van der Waals surface area (Å²) in [7, 11) is 0. The summed E-state index contributed by atoms with van der Waals surface area (Å²) >= 11 is 0. The van der Waals surface area contributed by atoms with Crippen molar-refractivity contribution >= 4 is 5.97 Å². The number of hydrogen-bond acceptors (Lipinski definition) is 5. The number of aromatic amines is 1. The summed E-state index contributed by atoms with van der Waals surface area (Å²) < 4.78 is 45.4. The average molecular weight is 482 g/mol. The number of alkyl halides is 3. The number of carbonyl (C=O) groups is 1. The molecule has 0 bridgehead atoms. The summed E-state index contributed by atoms with van der Waals surface area (Å²) in [5.74, 6) is -0.0272. The van der Waals surface area contributed by atoms with Crippen LogP contribution < -0.4 is 4.74 Å². The van der Waals surface area contributed by atoms with Gasteiger partial charge in [0.05, 0.1) is 23.0 Å². The van der Waals surface area contributed by atoms with E-state index in [4.69, 9.17) is 4.74 Å². The average Bonchev–Trinajstić information content (AvgIpc) is 3.33. The van der Waals surface area contributed by atoms with Crippen molar-refractivity contribution in [1.82, 2.24) is 19.9 Å². The molecule has 4 aromatic rings. The molecule has 0 radical (unpaired) electrons. The van der Waals surface area contributed by atoms with E-state index in [2.05, 4.69) is 19.9 Å². The largest absolute Gasteiger partial charge is 0.492 e. The quantitative estimate of drug-likeness (QED) is 0.350. The highest BCUT2D eigenvalue weighted by atomic mass is 19.4. The Bertz CT molecular complexity index is 1330. The van der Waals surface area contributed by atoms with Gasteiger partial charge in [0.25, 0.3) is 0 Å². The lowest BCUT2D eigenvalue weighted by atomic mass is 9.95. The van der Waals surface area contributed by atoms with E-state index < -0.39 is 23.3 Å². The Hall–Kier alpha value is -4.21. The second-order valence-corrected chi connectivity index (χ2v) is 8.48. The number of aromatic nitrogens is 4. The Morgan fingerprint density at radius 3 is 2.31 bits per heavy atom. The Morgan fingerprint density at radius 2 is 1.69 bits per heavy atom. The summed E-state index contributed by atoms with van der Waals surface area (Å²) in [4.78, 5) is 26.2. The van der Waals surface area contributed by atoms with Crippen molar-refractivity contribution in [2.24, 2.45) is 5.41 Å². The van der Waals surface area contributed by atoms with E-state index in [0.717, 1.165) is 11.8 Å². The van der Waals surface area contributed by atoms with Crippen LogP contribution in [0.5, 0.6) is 5.75 Å². The van der Waals surface area contributed by atoms with Crippen molar-refractivity contribution < 1.29 is 27.8 Å². The molecule has 0 aliphatic heterocycles. The van der Waals surface area contributed by atoms with Crippen LogP contribution in [0.4, 0.5) is 13.2 Å². The zero-order valence-electron chi connectivity index (χ0n) is 18.8. The molecule has 0 saturated carbocycles. The van der Waals surface area contributed by atoms with Crippen molar-refractivity contribution in [2.45, 2.75) is 20.0 Å². The molecule has 2 N–H and O–H groups in total. The van der Waals surface area contributed by atoms with Gasteiger partial charge in [0.15, 0.2) is 5.69 Å². The molecule has 0 aliphatic rings. The predicted molar refractivity (Wildman–Crippen MR) is 122 cm³/mol. The van der Waals surface area contributed by atoms with E-state index in [-0.39, 0.29) is 17.9 Å². The van der Waals surface area contributed by atoms with Crippen molar-refractivity contribution in [1.29, 1.82) is 0 Å². The second kappa shape index (κ2) is 9.21. The first-order valence-electron chi connectivity index (χ1n) is 10.6. The van der Waals surface area contributed by atoms with Crippen LogP contribution in [0.1, 0.15) is 19.5 Å². The molecule has 0 fully saturated rings. The van der Waals surface area contributed by atoms with Gasteiger partial charge in [0, 0.05) is 29.1 Å². The standard InChI is InChI=1S/C25H21F3N4O3/c1-24(2,23(33)34)14-35-17-8-5-15(6-9-17)19-10-7-16(12-30-19)22-31-13-20(32-22)18-4-3-11-29-21(18)25(26,27)28/h3-13H,14H2,1-2H3,(H,31,32)(H,33,34). The van der Waals surface area contributed by atoms with Gasteiger partial charge in [0.2, 0.25) is 0 Å². The van der Waals surface area contributed by atoms with Gasteiger partial charge in [-0.05, 0) is 62.4 Å². The van der Waals surface area contributed by atoms with Crippen molar-refractivity contribution in [3.63, 3.8) is 0 Å². The minimum Gasteiger partial charge on any atom is -0.492 e. The molecule has 180 valence electrons. The monoisotopic (exact) mass is 482 g/mol. The fraction of sp³-hybridized carbons (Fsp3) is 0.200. The van der Waals surface area contributed by atoms with Crippen LogP contribution in [0.2, 0.25) is 0 Å². The molecular formula is C25H21F3N4O3. The zero-order valence-corrected chi connectivity index (χ0v) is 18.8. The van der Waals surface area contributed by atoms with Crippen LogP contribution in [0, 0.1) is 5.41 Å². The van der Waals surface area contributed by atoms with Gasteiger partial charge in [-0.3, -0.25) is 14.8 Å². The number of nitrogens with zero attached hydrogens (tertiary/aromatic N) is 3. The maximum Gasteiger partial charge on any atom is 0.434 e. The first-order chi connectivity index (χ1) is 16.5. The number of benzene rings is 1. The third-order valence-corrected chi connectivity index (χ3v) is 5.31. The molecule has 0 aliphatic carbocycles. The Morgan fingerprint density at radius 1 is 0.971 bits per heavy atom. The third kappa shape index (κ3) is 5.32. The number of aliphatic carboxylic acids is 1. The molecule has 3 heterocycles. The van der Waals surface area contributed by atoms with Gasteiger partial charge in [0.1, 0.15) is 18.2 Å². The number of nitrogens with one attached hydrogen (secondary N) is 1. The van der Waals surface area contributed by atoms with Crippen LogP contribution in [0.15, 0.2) is 67.1 Å². The first-order valence-corrected chi connectivity index (χ1v) is 10.6. The van der Waals surface area contributed by atoms with Gasteiger partial charge in [-0.2, -0.15) is 13.2 Å². The minimum absolute atomic E-state index is 0.0310. The number of carboxylic acid groups (broad SMARTS) is 1. The number of carboxylic acids is 1. The van der Waals surface area contributed by atoms with E-state index in [9.17, 15) is 23.1 Å². The summed E-state index contributed by atoms with van der Waals surface area (Å²) in [5.41, 5.74) is 0.211. The normalized spacial score (nSPS) is 11.9. The highest BCUT2D eigenvalue weighted by Crippen LogP contribution is 2.35. The van der Waals surface area contributed by atoms with Gasteiger partial charge < -0.3 is 14.8 Å². The summed E-state index contributed by atoms with van der Waals surface area (Å²) in [6, 6.07) is 13.4. The molecule has 0 saturated heterocycles. The summed E-state index contributed by atoms with van der Waals surface area (Å²) in [5, 5.41) is 9.18. The SMILES string of the molecule is CC(C)(COc1ccc(-c2ccc(-c3ncc(-c4cccnc4C(F)(F)F)[nH]3)cn2)cc1)C(=O)O. The molecule has 3 aromatic heterocycles. The fourth-order valence-electron chi connectivity index (χ4n) is 3.21. The number of H-pyrrole nitrogens is 1. The zero-order chi connectivity index (χ0) is 25.2. The minimum atomic E-state index is -4.59. The van der Waals surface area contributed by atoms with Crippen LogP contribution in [-0.4, -0.2) is 37.6 Å². The van der Waals surface area contributed by atoms with Crippen LogP contribution in [-0.2, 0) is 11.0 Å². The van der Waals surface area contributed by atoms with Gasteiger partial charge >= 0.3 is 12.1 Å². The Labute approximate surface area is 198 Å². The number of rotatable bonds is 7. The van der Waals surface area contributed by atoms with E-state index in [1.54, 1.807) is 56.4 Å². The predicted octanol–water partition coefficient (Wildman–Crippen LogP) is 5.71. The number of halogens is 3. The molecule has 7 nitrogen and oxygen atoms in total. The summed E-state index contributed by atoms with van der Waals surface area (Å²) in [6.45, 7) is 3.20. The van der Waals surface area contributed by atoms with Crippen LogP contribution in [0.25, 0.3) is 33.9 Å². The summed E-state index contributed by atoms with van der Waals surface area (Å²) in [6.07, 6.45) is -0.578. The highest BCUT2D eigenvalue weighted by Gasteiger charge is 2.35. The third-order valence-electron chi connectivity index (χ3n) is 5.31. The maximum absolute atomic E-state index is 13.3. The number of imidazole rings is 1. The van der Waals surface area contributed by atoms with Gasteiger partial charge in [-0.1, -0.05) is 0 Å². The number of pyridine rings is 2. The topological polar surface area (TPSA) is 101 Å². The Balaban J connectivity index is 1.49. The van der Waals surface area contributed by atoms with Crippen molar-refractivity contribution in [2.75, 3.05) is 6.61 Å². The fourth-order valence-corrected chi connectivity index (χ4v) is 3.21. The molecule has 0 atom stereocenters. The van der Waals surface area contributed by atoms with Gasteiger partial charge in [-0.15, -0.1) is 0 Å². The molecule has 4 rings (SSSR count). The van der Waals surface area contributed by atoms with E-state index in [0.29, 0.717) is 22.8 Å². The first kappa shape index (κ1) is 23.9. The molecule has 1 aromatic carbocycles. The highest BCUT2D eigenvalue weighted by molar-refractivity contribution is 5.73. The molecule has 35 heavy (non-hydrogen) atoms. The lowest BCUT2D eigenvalue weighted by molar-refractivity contribution is -0.148. The number of hydrogen-bond donors (Lipinski definition) is 2.